The van der Waals surface area contributed by atoms with Crippen LogP contribution in [-0.2, 0) is 22.4 Å². The summed E-state index contributed by atoms with van der Waals surface area (Å²) >= 11 is 0. The summed E-state index contributed by atoms with van der Waals surface area (Å²) < 4.78 is 84.2. The van der Waals surface area contributed by atoms with Crippen LogP contribution in [0, 0.1) is 18.6 Å². The first-order chi connectivity index (χ1) is 16.8. The third kappa shape index (κ3) is 4.57. The summed E-state index contributed by atoms with van der Waals surface area (Å²) in [6.07, 6.45) is 1.13. The highest BCUT2D eigenvalue weighted by Crippen LogP contribution is 2.38. The number of carbonyl (C=O) groups excluding carboxylic acids is 1. The maximum atomic E-state index is 14.6. The van der Waals surface area contributed by atoms with Crippen LogP contribution in [0.3, 0.4) is 0 Å². The van der Waals surface area contributed by atoms with Gasteiger partial charge in [0.15, 0.2) is 0 Å². The fraction of sp³-hybridized carbons (Fsp3) is 0.269. The van der Waals surface area contributed by atoms with Crippen molar-refractivity contribution in [2.24, 2.45) is 0 Å². The Morgan fingerprint density at radius 3 is 2.36 bits per heavy atom. The van der Waals surface area contributed by atoms with Crippen molar-refractivity contribution in [3.63, 3.8) is 0 Å². The molecule has 36 heavy (non-hydrogen) atoms. The molecule has 10 heteroatoms. The molecule has 4 rings (SSSR count). The standard InChI is InChI=1S/C26H24F4N2O3S/c1-16-14-17-6-5-13-32(36(34,35)19-11-9-18(27)10-12-19)23(17)15-22(16)31(3)25(33)24-20(26(2,29)30)7-4-8-21(24)28/h4,7-12,14-15H,5-6,13H2,1-3H3. The minimum absolute atomic E-state index is 0.0931. The number of aryl methyl sites for hydroxylation is 2. The van der Waals surface area contributed by atoms with Gasteiger partial charge in [-0.15, -0.1) is 0 Å². The molecule has 0 saturated carbocycles. The second-order valence-corrected chi connectivity index (χ2v) is 10.7. The summed E-state index contributed by atoms with van der Waals surface area (Å²) in [5.74, 6) is -6.10. The van der Waals surface area contributed by atoms with Crippen molar-refractivity contribution >= 4 is 27.3 Å². The molecule has 0 aromatic heterocycles. The van der Waals surface area contributed by atoms with E-state index in [-0.39, 0.29) is 17.1 Å². The summed E-state index contributed by atoms with van der Waals surface area (Å²) in [5.41, 5.74) is 0.386. The summed E-state index contributed by atoms with van der Waals surface area (Å²) in [7, 11) is -2.73. The number of rotatable bonds is 5. The van der Waals surface area contributed by atoms with Crippen LogP contribution < -0.4 is 9.21 Å². The maximum absolute atomic E-state index is 14.6. The van der Waals surface area contributed by atoms with Crippen molar-refractivity contribution in [1.29, 1.82) is 0 Å². The van der Waals surface area contributed by atoms with E-state index in [1.54, 1.807) is 13.0 Å². The number of halogens is 4. The lowest BCUT2D eigenvalue weighted by atomic mass is 9.98. The molecule has 0 radical (unpaired) electrons. The van der Waals surface area contributed by atoms with E-state index in [9.17, 15) is 30.8 Å². The Kier molecular flexibility index (Phi) is 6.59. The SMILES string of the molecule is Cc1cc2c(cc1N(C)C(=O)c1c(F)cccc1C(C)(F)F)N(S(=O)(=O)c1ccc(F)cc1)CCC2. The van der Waals surface area contributed by atoms with E-state index in [0.29, 0.717) is 31.0 Å². The van der Waals surface area contributed by atoms with Crippen molar-refractivity contribution in [1.82, 2.24) is 0 Å². The molecule has 1 heterocycles. The normalized spacial score (nSPS) is 13.9. The molecule has 1 aliphatic rings. The Morgan fingerprint density at radius 2 is 1.72 bits per heavy atom. The van der Waals surface area contributed by atoms with E-state index in [1.807, 2.05) is 0 Å². The Labute approximate surface area is 207 Å². The van der Waals surface area contributed by atoms with Gasteiger partial charge in [-0.05, 0) is 67.3 Å². The van der Waals surface area contributed by atoms with E-state index in [1.165, 1.54) is 29.6 Å². The Balaban J connectivity index is 1.79. The number of amides is 1. The fourth-order valence-electron chi connectivity index (χ4n) is 4.44. The van der Waals surface area contributed by atoms with E-state index in [2.05, 4.69) is 0 Å². The number of alkyl halides is 2. The molecule has 0 fully saturated rings. The summed E-state index contributed by atoms with van der Waals surface area (Å²) in [6, 6.07) is 10.7. The van der Waals surface area contributed by atoms with E-state index in [0.717, 1.165) is 40.8 Å². The number of sulfonamides is 1. The summed E-state index contributed by atoms with van der Waals surface area (Å²) in [5, 5.41) is 0. The first-order valence-corrected chi connectivity index (χ1v) is 12.6. The minimum atomic E-state index is -4.05. The van der Waals surface area contributed by atoms with Crippen LogP contribution in [-0.4, -0.2) is 27.9 Å². The molecule has 5 nitrogen and oxygen atoms in total. The van der Waals surface area contributed by atoms with Gasteiger partial charge in [0.1, 0.15) is 11.6 Å². The zero-order valence-electron chi connectivity index (χ0n) is 19.9. The fourth-order valence-corrected chi connectivity index (χ4v) is 5.97. The molecule has 0 spiro atoms. The molecule has 0 bridgehead atoms. The van der Waals surface area contributed by atoms with Gasteiger partial charge in [-0.1, -0.05) is 18.2 Å². The van der Waals surface area contributed by atoms with Gasteiger partial charge in [-0.25, -0.2) is 26.0 Å². The third-order valence-electron chi connectivity index (χ3n) is 6.24. The van der Waals surface area contributed by atoms with Gasteiger partial charge in [-0.2, -0.15) is 0 Å². The number of benzene rings is 3. The average molecular weight is 521 g/mol. The zero-order valence-corrected chi connectivity index (χ0v) is 20.7. The van der Waals surface area contributed by atoms with Crippen molar-refractivity contribution < 1.29 is 30.8 Å². The second kappa shape index (κ2) is 9.24. The van der Waals surface area contributed by atoms with E-state index in [4.69, 9.17) is 0 Å². The topological polar surface area (TPSA) is 57.7 Å². The molecule has 1 amide bonds. The summed E-state index contributed by atoms with van der Waals surface area (Å²) in [6.45, 7) is 2.44. The molecule has 0 aliphatic carbocycles. The zero-order chi connectivity index (χ0) is 26.4. The van der Waals surface area contributed by atoms with Gasteiger partial charge in [-0.3, -0.25) is 9.10 Å². The van der Waals surface area contributed by atoms with Crippen LogP contribution in [0.1, 0.15) is 40.4 Å². The third-order valence-corrected chi connectivity index (χ3v) is 8.07. The highest BCUT2D eigenvalue weighted by atomic mass is 32.2. The molecule has 0 N–H and O–H groups in total. The molecular formula is C26H24F4N2O3S. The monoisotopic (exact) mass is 520 g/mol. The van der Waals surface area contributed by atoms with Crippen molar-refractivity contribution in [2.45, 2.75) is 37.5 Å². The smallest absolute Gasteiger partial charge is 0.271 e. The predicted molar refractivity (Wildman–Crippen MR) is 129 cm³/mol. The Morgan fingerprint density at radius 1 is 1.06 bits per heavy atom. The predicted octanol–water partition coefficient (Wildman–Crippen LogP) is 5.80. The average Bonchev–Trinajstić information content (AvgIpc) is 2.81. The minimum Gasteiger partial charge on any atom is -0.311 e. The van der Waals surface area contributed by atoms with Crippen molar-refractivity contribution in [3.8, 4) is 0 Å². The molecule has 1 aliphatic heterocycles. The highest BCUT2D eigenvalue weighted by molar-refractivity contribution is 7.92. The van der Waals surface area contributed by atoms with Crippen molar-refractivity contribution in [3.05, 3.63) is 88.5 Å². The quantitative estimate of drug-likeness (QED) is 0.400. The van der Waals surface area contributed by atoms with Crippen LogP contribution in [0.25, 0.3) is 0 Å². The van der Waals surface area contributed by atoms with E-state index < -0.39 is 44.6 Å². The molecule has 0 saturated heterocycles. The number of nitrogens with zero attached hydrogens (tertiary/aromatic N) is 2. The molecular weight excluding hydrogens is 496 g/mol. The van der Waals surface area contributed by atoms with Crippen LogP contribution >= 0.6 is 0 Å². The number of carbonyl (C=O) groups is 1. The lowest BCUT2D eigenvalue weighted by molar-refractivity contribution is 0.0160. The lowest BCUT2D eigenvalue weighted by Gasteiger charge is -2.32. The highest BCUT2D eigenvalue weighted by Gasteiger charge is 2.35. The maximum Gasteiger partial charge on any atom is 0.271 e. The Hall–Kier alpha value is -3.40. The van der Waals surface area contributed by atoms with Crippen LogP contribution in [0.4, 0.5) is 28.9 Å². The van der Waals surface area contributed by atoms with Crippen LogP contribution in [0.15, 0.2) is 59.5 Å². The van der Waals surface area contributed by atoms with Gasteiger partial charge in [0, 0.05) is 31.8 Å². The molecule has 3 aromatic carbocycles. The van der Waals surface area contributed by atoms with Gasteiger partial charge in [0.2, 0.25) is 0 Å². The molecule has 0 atom stereocenters. The largest absolute Gasteiger partial charge is 0.311 e. The van der Waals surface area contributed by atoms with Gasteiger partial charge >= 0.3 is 0 Å². The van der Waals surface area contributed by atoms with Gasteiger partial charge < -0.3 is 4.90 Å². The lowest BCUT2D eigenvalue weighted by Crippen LogP contribution is -2.36. The first-order valence-electron chi connectivity index (χ1n) is 11.2. The molecule has 3 aromatic rings. The number of anilines is 2. The van der Waals surface area contributed by atoms with Crippen LogP contribution in [0.2, 0.25) is 0 Å². The molecule has 0 unspecified atom stereocenters. The summed E-state index contributed by atoms with van der Waals surface area (Å²) in [4.78, 5) is 14.2. The van der Waals surface area contributed by atoms with E-state index >= 15 is 0 Å². The number of hydrogen-bond donors (Lipinski definition) is 0. The second-order valence-electron chi connectivity index (χ2n) is 8.82. The van der Waals surface area contributed by atoms with Gasteiger partial charge in [0.05, 0.1) is 16.1 Å². The molecule has 190 valence electrons. The van der Waals surface area contributed by atoms with Gasteiger partial charge in [0.25, 0.3) is 21.9 Å². The van der Waals surface area contributed by atoms with Crippen LogP contribution in [0.5, 0.6) is 0 Å². The Bertz CT molecular complexity index is 1430. The number of fused-ring (bicyclic) bond motifs is 1. The van der Waals surface area contributed by atoms with Crippen molar-refractivity contribution in [2.75, 3.05) is 22.8 Å². The number of hydrogen-bond acceptors (Lipinski definition) is 3. The first kappa shape index (κ1) is 25.7.